The molecule has 0 spiro atoms. The third-order valence-corrected chi connectivity index (χ3v) is 1.20. The summed E-state index contributed by atoms with van der Waals surface area (Å²) in [6.45, 7) is 0. The van der Waals surface area contributed by atoms with Gasteiger partial charge in [0.15, 0.2) is 0 Å². The van der Waals surface area contributed by atoms with Crippen LogP contribution in [0, 0.1) is 0 Å². The van der Waals surface area contributed by atoms with Crippen LogP contribution in [0.4, 0.5) is 0 Å². The summed E-state index contributed by atoms with van der Waals surface area (Å²) in [7, 11) is 0. The molecule has 12 heavy (non-hydrogen) atoms. The lowest BCUT2D eigenvalue weighted by Crippen LogP contribution is -2.09. The van der Waals surface area contributed by atoms with Crippen molar-refractivity contribution in [2.24, 2.45) is 0 Å². The maximum Gasteiger partial charge on any atom is 0.310 e. The van der Waals surface area contributed by atoms with Crippen molar-refractivity contribution in [2.75, 3.05) is 0 Å². The second-order valence-corrected chi connectivity index (χ2v) is 1.92. The zero-order valence-electron chi connectivity index (χ0n) is 5.53. The number of hydrogen-bond acceptors (Lipinski definition) is 6. The molecule has 62 valence electrons. The predicted molar refractivity (Wildman–Crippen MR) is 33.2 cm³/mol. The van der Waals surface area contributed by atoms with Crippen LogP contribution in [0.5, 0.6) is 0 Å². The topological polar surface area (TPSA) is 118 Å². The Kier molecular flexibility index (Phi) is 1.20. The van der Waals surface area contributed by atoms with Crippen molar-refractivity contribution >= 4 is 0 Å². The summed E-state index contributed by atoms with van der Waals surface area (Å²) in [6, 6.07) is 0. The SMILES string of the molecule is O=c1[nH]onc1-c1no[nH]c1=O. The van der Waals surface area contributed by atoms with Gasteiger partial charge in [0.25, 0.3) is 0 Å². The summed E-state index contributed by atoms with van der Waals surface area (Å²) < 4.78 is 8.40. The molecule has 0 aromatic carbocycles. The van der Waals surface area contributed by atoms with Crippen LogP contribution >= 0.6 is 0 Å². The van der Waals surface area contributed by atoms with E-state index in [-0.39, 0.29) is 11.4 Å². The van der Waals surface area contributed by atoms with Crippen LogP contribution < -0.4 is 11.1 Å². The lowest BCUT2D eigenvalue weighted by Gasteiger charge is -1.74. The summed E-state index contributed by atoms with van der Waals surface area (Å²) in [4.78, 5) is 21.6. The number of rotatable bonds is 1. The van der Waals surface area contributed by atoms with Crippen molar-refractivity contribution in [1.29, 1.82) is 0 Å². The van der Waals surface area contributed by atoms with Gasteiger partial charge in [0.05, 0.1) is 0 Å². The molecule has 0 atom stereocenters. The van der Waals surface area contributed by atoms with Gasteiger partial charge in [0, 0.05) is 0 Å². The molecule has 0 fully saturated rings. The van der Waals surface area contributed by atoms with Gasteiger partial charge in [0.2, 0.25) is 11.4 Å². The van der Waals surface area contributed by atoms with Gasteiger partial charge in [-0.05, 0) is 10.3 Å². The third-order valence-electron chi connectivity index (χ3n) is 1.20. The normalized spacial score (nSPS) is 10.3. The predicted octanol–water partition coefficient (Wildman–Crippen LogP) is -1.29. The molecule has 0 saturated heterocycles. The molecule has 8 nitrogen and oxygen atoms in total. The summed E-state index contributed by atoms with van der Waals surface area (Å²) in [6.07, 6.45) is 0. The fraction of sp³-hybridized carbons (Fsp3) is 0. The Labute approximate surface area is 63.1 Å². The molecule has 0 amide bonds. The Morgan fingerprint density at radius 1 is 0.917 bits per heavy atom. The van der Waals surface area contributed by atoms with E-state index >= 15 is 0 Å². The molecule has 0 aliphatic rings. The first kappa shape index (κ1) is 6.58. The number of nitrogens with one attached hydrogen (secondary N) is 2. The molecule has 0 bridgehead atoms. The van der Waals surface area contributed by atoms with Crippen molar-refractivity contribution in [1.82, 2.24) is 20.6 Å². The molecule has 0 aliphatic heterocycles. The van der Waals surface area contributed by atoms with Crippen molar-refractivity contribution in [3.05, 3.63) is 20.7 Å². The van der Waals surface area contributed by atoms with E-state index in [1.165, 1.54) is 0 Å². The quantitative estimate of drug-likeness (QED) is 0.549. The molecule has 2 N–H and O–H groups in total. The Morgan fingerprint density at radius 3 is 1.58 bits per heavy atom. The zero-order valence-corrected chi connectivity index (χ0v) is 5.53. The van der Waals surface area contributed by atoms with E-state index in [9.17, 15) is 9.59 Å². The van der Waals surface area contributed by atoms with Gasteiger partial charge in [-0.3, -0.25) is 18.8 Å². The third kappa shape index (κ3) is 0.779. The van der Waals surface area contributed by atoms with Gasteiger partial charge in [0.1, 0.15) is 0 Å². The minimum absolute atomic E-state index is 0.204. The highest BCUT2D eigenvalue weighted by atomic mass is 16.6. The van der Waals surface area contributed by atoms with Crippen LogP contribution in [0.15, 0.2) is 18.8 Å². The van der Waals surface area contributed by atoms with Gasteiger partial charge >= 0.3 is 11.1 Å². The maximum atomic E-state index is 10.8. The smallest absolute Gasteiger partial charge is 0.267 e. The van der Waals surface area contributed by atoms with Crippen molar-refractivity contribution in [3.8, 4) is 11.4 Å². The van der Waals surface area contributed by atoms with E-state index in [4.69, 9.17) is 0 Å². The number of aromatic amines is 2. The Morgan fingerprint density at radius 2 is 1.33 bits per heavy atom. The average Bonchev–Trinajstić information content (AvgIpc) is 2.59. The molecule has 0 unspecified atom stereocenters. The van der Waals surface area contributed by atoms with E-state index in [1.807, 2.05) is 10.3 Å². The first-order valence-electron chi connectivity index (χ1n) is 2.88. The summed E-state index contributed by atoms with van der Waals surface area (Å²) in [5.74, 6) is 0. The molecule has 0 saturated carbocycles. The van der Waals surface area contributed by atoms with Crippen LogP contribution in [-0.4, -0.2) is 20.6 Å². The van der Waals surface area contributed by atoms with E-state index in [2.05, 4.69) is 19.6 Å². The highest BCUT2D eigenvalue weighted by molar-refractivity contribution is 5.48. The van der Waals surface area contributed by atoms with Gasteiger partial charge in [-0.25, -0.2) is 0 Å². The molecule has 2 aromatic rings. The lowest BCUT2D eigenvalue weighted by molar-refractivity contribution is 0.300. The van der Waals surface area contributed by atoms with E-state index in [0.717, 1.165) is 0 Å². The molecule has 2 heterocycles. The minimum Gasteiger partial charge on any atom is -0.267 e. The van der Waals surface area contributed by atoms with Crippen molar-refractivity contribution in [3.63, 3.8) is 0 Å². The van der Waals surface area contributed by atoms with Crippen LogP contribution in [0.25, 0.3) is 11.4 Å². The Balaban J connectivity index is 2.74. The molecular formula is C4H2N4O4. The first-order chi connectivity index (χ1) is 5.79. The van der Waals surface area contributed by atoms with E-state index in [0.29, 0.717) is 0 Å². The summed E-state index contributed by atoms with van der Waals surface area (Å²) in [5.41, 5.74) is -1.67. The average molecular weight is 170 g/mol. The summed E-state index contributed by atoms with van der Waals surface area (Å²) in [5, 5.41) is 10.3. The van der Waals surface area contributed by atoms with Crippen LogP contribution in [-0.2, 0) is 0 Å². The van der Waals surface area contributed by atoms with Crippen molar-refractivity contribution < 1.29 is 9.26 Å². The fourth-order valence-electron chi connectivity index (χ4n) is 0.701. The van der Waals surface area contributed by atoms with Crippen LogP contribution in [0.1, 0.15) is 0 Å². The second kappa shape index (κ2) is 2.19. The van der Waals surface area contributed by atoms with Crippen LogP contribution in [0.3, 0.4) is 0 Å². The summed E-state index contributed by atoms with van der Waals surface area (Å²) >= 11 is 0. The van der Waals surface area contributed by atoms with Crippen LogP contribution in [0.2, 0.25) is 0 Å². The molecule has 8 heteroatoms. The molecular weight excluding hydrogens is 168 g/mol. The number of hydrogen-bond donors (Lipinski definition) is 2. The van der Waals surface area contributed by atoms with Gasteiger partial charge in [-0.2, -0.15) is 10.3 Å². The molecule has 0 radical (unpaired) electrons. The number of aromatic nitrogens is 4. The number of H-pyrrole nitrogens is 2. The Hall–Kier alpha value is -2.12. The maximum absolute atomic E-state index is 10.8. The fourth-order valence-corrected chi connectivity index (χ4v) is 0.701. The van der Waals surface area contributed by atoms with Gasteiger partial charge in [-0.15, -0.1) is 0 Å². The molecule has 2 aromatic heterocycles. The van der Waals surface area contributed by atoms with Gasteiger partial charge < -0.3 is 0 Å². The zero-order chi connectivity index (χ0) is 8.55. The largest absolute Gasteiger partial charge is 0.310 e. The highest BCUT2D eigenvalue weighted by Crippen LogP contribution is 1.99. The number of nitrogens with zero attached hydrogens (tertiary/aromatic N) is 2. The monoisotopic (exact) mass is 170 g/mol. The highest BCUT2D eigenvalue weighted by Gasteiger charge is 2.15. The minimum atomic E-state index is -0.630. The lowest BCUT2D eigenvalue weighted by atomic mass is 10.3. The second-order valence-electron chi connectivity index (χ2n) is 1.92. The van der Waals surface area contributed by atoms with E-state index < -0.39 is 11.1 Å². The van der Waals surface area contributed by atoms with Crippen molar-refractivity contribution in [2.45, 2.75) is 0 Å². The van der Waals surface area contributed by atoms with Gasteiger partial charge in [-0.1, -0.05) is 0 Å². The first-order valence-corrected chi connectivity index (χ1v) is 2.88. The Bertz CT molecular complexity index is 441. The standard InChI is InChI=1S/C4H2N4O4/c9-3-1(5-11-7-3)2-4(10)8-12-6-2/h(H,7,9)(H,8,10). The molecule has 2 rings (SSSR count). The molecule has 0 aliphatic carbocycles. The van der Waals surface area contributed by atoms with E-state index in [1.54, 1.807) is 0 Å².